The fourth-order valence-electron chi connectivity index (χ4n) is 4.58. The minimum atomic E-state index is -0.789. The number of rotatable bonds is 0. The molecule has 3 heterocycles. The number of ketones is 1. The van der Waals surface area contributed by atoms with E-state index in [4.69, 9.17) is 14.2 Å². The third-order valence-electron chi connectivity index (χ3n) is 5.33. The number of carbonyl (C=O) groups is 1. The van der Waals surface area contributed by atoms with Crippen LogP contribution in [0.25, 0.3) is 0 Å². The lowest BCUT2D eigenvalue weighted by atomic mass is 9.62. The number of ether oxygens (including phenoxy) is 3. The van der Waals surface area contributed by atoms with E-state index in [9.17, 15) is 4.79 Å². The van der Waals surface area contributed by atoms with Gasteiger partial charge in [0.25, 0.3) is 0 Å². The maximum Gasteiger partial charge on any atom is 0.190 e. The lowest BCUT2D eigenvalue weighted by Crippen LogP contribution is -2.71. The molecule has 0 N–H and O–H groups in total. The molecule has 0 aromatic heterocycles. The van der Waals surface area contributed by atoms with Crippen LogP contribution < -0.4 is 0 Å². The highest BCUT2D eigenvalue weighted by molar-refractivity contribution is 6.00. The summed E-state index contributed by atoms with van der Waals surface area (Å²) in [5.74, 6) is 0.0769. The molecule has 3 fully saturated rings. The lowest BCUT2D eigenvalue weighted by molar-refractivity contribution is -0.236. The van der Waals surface area contributed by atoms with Gasteiger partial charge in [-0.3, -0.25) is 4.79 Å². The van der Waals surface area contributed by atoms with E-state index in [0.29, 0.717) is 13.2 Å². The molecule has 0 radical (unpaired) electrons. The van der Waals surface area contributed by atoms with E-state index in [-0.39, 0.29) is 5.78 Å². The Morgan fingerprint density at radius 2 is 1.63 bits per heavy atom. The van der Waals surface area contributed by atoms with Gasteiger partial charge in [0.15, 0.2) is 11.4 Å². The van der Waals surface area contributed by atoms with Gasteiger partial charge in [-0.2, -0.15) is 0 Å². The molecule has 0 aromatic carbocycles. The van der Waals surface area contributed by atoms with Crippen LogP contribution in [0.4, 0.5) is 0 Å². The first-order valence-corrected chi connectivity index (χ1v) is 7.40. The fraction of sp³-hybridized carbons (Fsp3) is 0.800. The second-order valence-electron chi connectivity index (χ2n) is 6.10. The summed E-state index contributed by atoms with van der Waals surface area (Å²) in [5, 5.41) is 0. The van der Waals surface area contributed by atoms with Crippen LogP contribution in [-0.2, 0) is 19.0 Å². The van der Waals surface area contributed by atoms with Crippen molar-refractivity contribution in [2.45, 2.75) is 55.3 Å². The summed E-state index contributed by atoms with van der Waals surface area (Å²) in [4.78, 5) is 12.6. The van der Waals surface area contributed by atoms with Crippen molar-refractivity contribution in [1.29, 1.82) is 0 Å². The minimum Gasteiger partial charge on any atom is -0.368 e. The highest BCUT2D eigenvalue weighted by Crippen LogP contribution is 2.57. The molecule has 3 spiro atoms. The molecule has 0 unspecified atom stereocenters. The van der Waals surface area contributed by atoms with Crippen molar-refractivity contribution < 1.29 is 19.0 Å². The van der Waals surface area contributed by atoms with Gasteiger partial charge in [0.05, 0.1) is 0 Å². The Balaban J connectivity index is 1.90. The average molecular weight is 264 g/mol. The zero-order chi connectivity index (χ0) is 13.0. The van der Waals surface area contributed by atoms with E-state index in [1.807, 2.05) is 6.08 Å². The molecule has 0 aromatic rings. The minimum absolute atomic E-state index is 0.0769. The van der Waals surface area contributed by atoms with E-state index in [1.54, 1.807) is 6.08 Å². The summed E-state index contributed by atoms with van der Waals surface area (Å²) in [5.41, 5.74) is -1.82. The molecule has 4 heteroatoms. The molecule has 3 aliphatic heterocycles. The molecule has 1 aliphatic carbocycles. The van der Waals surface area contributed by atoms with E-state index in [1.165, 1.54) is 0 Å². The molecule has 3 saturated heterocycles. The molecule has 104 valence electrons. The molecular formula is C15H20O4. The Labute approximate surface area is 113 Å². The molecule has 4 aliphatic rings. The van der Waals surface area contributed by atoms with Crippen LogP contribution in [0.15, 0.2) is 12.2 Å². The molecule has 0 bridgehead atoms. The third kappa shape index (κ3) is 1.28. The number of hydrogen-bond acceptors (Lipinski definition) is 4. The summed E-state index contributed by atoms with van der Waals surface area (Å²) in [7, 11) is 0. The first-order chi connectivity index (χ1) is 9.25. The predicted molar refractivity (Wildman–Crippen MR) is 67.9 cm³/mol. The van der Waals surface area contributed by atoms with Crippen molar-refractivity contribution in [3.63, 3.8) is 0 Å². The van der Waals surface area contributed by atoms with Crippen molar-refractivity contribution in [3.8, 4) is 0 Å². The zero-order valence-electron chi connectivity index (χ0n) is 11.2. The quantitative estimate of drug-likeness (QED) is 0.669. The van der Waals surface area contributed by atoms with Crippen LogP contribution in [0.2, 0.25) is 0 Å². The van der Waals surface area contributed by atoms with Crippen LogP contribution in [0.5, 0.6) is 0 Å². The summed E-state index contributed by atoms with van der Waals surface area (Å²) in [6.07, 6.45) is 9.15. The summed E-state index contributed by atoms with van der Waals surface area (Å²) < 4.78 is 18.3. The molecule has 4 nitrogen and oxygen atoms in total. The van der Waals surface area contributed by atoms with Gasteiger partial charge in [-0.25, -0.2) is 0 Å². The van der Waals surface area contributed by atoms with Gasteiger partial charge in [-0.1, -0.05) is 0 Å². The predicted octanol–water partition coefficient (Wildman–Crippen LogP) is 1.77. The van der Waals surface area contributed by atoms with Crippen molar-refractivity contribution >= 4 is 5.78 Å². The van der Waals surface area contributed by atoms with Gasteiger partial charge in [-0.15, -0.1) is 0 Å². The largest absolute Gasteiger partial charge is 0.368 e. The second-order valence-corrected chi connectivity index (χ2v) is 6.10. The van der Waals surface area contributed by atoms with Crippen LogP contribution >= 0.6 is 0 Å². The Hall–Kier alpha value is -0.710. The molecular weight excluding hydrogens is 244 g/mol. The Morgan fingerprint density at radius 1 is 0.895 bits per heavy atom. The van der Waals surface area contributed by atoms with Gasteiger partial charge < -0.3 is 14.2 Å². The van der Waals surface area contributed by atoms with Gasteiger partial charge in [-0.05, 0) is 50.7 Å². The maximum atomic E-state index is 12.6. The van der Waals surface area contributed by atoms with E-state index < -0.39 is 16.8 Å². The molecule has 4 rings (SSSR count). The first kappa shape index (κ1) is 12.1. The zero-order valence-corrected chi connectivity index (χ0v) is 11.2. The highest BCUT2D eigenvalue weighted by Gasteiger charge is 2.71. The van der Waals surface area contributed by atoms with E-state index in [0.717, 1.165) is 45.1 Å². The van der Waals surface area contributed by atoms with Crippen molar-refractivity contribution in [2.75, 3.05) is 19.8 Å². The standard InChI is InChI=1S/C15H20O4/c16-12-4-8-13(5-1-9-17-13)15(7-3-11-19-15)14(12)6-2-10-18-14/h4,8H,1-3,5-7,9-11H2/t13-,14+,15+/m1/s1. The molecule has 0 saturated carbocycles. The normalized spacial score (nSPS) is 49.2. The van der Waals surface area contributed by atoms with Crippen LogP contribution in [0.1, 0.15) is 38.5 Å². The summed E-state index contributed by atoms with van der Waals surface area (Å²) in [6, 6.07) is 0. The first-order valence-electron chi connectivity index (χ1n) is 7.40. The summed E-state index contributed by atoms with van der Waals surface area (Å²) >= 11 is 0. The third-order valence-corrected chi connectivity index (χ3v) is 5.33. The van der Waals surface area contributed by atoms with E-state index in [2.05, 4.69) is 0 Å². The number of fused-ring (bicyclic) bond motifs is 2. The Kier molecular flexibility index (Phi) is 2.48. The smallest absolute Gasteiger partial charge is 0.190 e. The van der Waals surface area contributed by atoms with Crippen LogP contribution in [-0.4, -0.2) is 42.4 Å². The van der Waals surface area contributed by atoms with Gasteiger partial charge in [0.1, 0.15) is 11.2 Å². The fourth-order valence-corrected chi connectivity index (χ4v) is 4.58. The number of hydrogen-bond donors (Lipinski definition) is 0. The average Bonchev–Trinajstić information content (AvgIpc) is 3.13. The maximum absolute atomic E-state index is 12.6. The lowest BCUT2D eigenvalue weighted by Gasteiger charge is -2.54. The topological polar surface area (TPSA) is 44.8 Å². The van der Waals surface area contributed by atoms with Crippen molar-refractivity contribution in [1.82, 2.24) is 0 Å². The summed E-state index contributed by atoms with van der Waals surface area (Å²) in [6.45, 7) is 2.11. The van der Waals surface area contributed by atoms with Gasteiger partial charge in [0, 0.05) is 19.8 Å². The number of carbonyl (C=O) groups excluding carboxylic acids is 1. The highest BCUT2D eigenvalue weighted by atomic mass is 16.6. The molecule has 0 amide bonds. The SMILES string of the molecule is O=C1C=C[C@]2(CCCO2)[C@@]2(CCCO2)[C@]12CCCO2. The van der Waals surface area contributed by atoms with E-state index >= 15 is 0 Å². The molecule has 19 heavy (non-hydrogen) atoms. The Morgan fingerprint density at radius 3 is 2.26 bits per heavy atom. The van der Waals surface area contributed by atoms with Crippen LogP contribution in [0.3, 0.4) is 0 Å². The van der Waals surface area contributed by atoms with Crippen molar-refractivity contribution in [2.24, 2.45) is 0 Å². The second kappa shape index (κ2) is 3.90. The monoisotopic (exact) mass is 264 g/mol. The Bertz CT molecular complexity index is 421. The molecule has 3 atom stereocenters. The van der Waals surface area contributed by atoms with Crippen molar-refractivity contribution in [3.05, 3.63) is 12.2 Å². The van der Waals surface area contributed by atoms with Gasteiger partial charge in [0.2, 0.25) is 0 Å². The van der Waals surface area contributed by atoms with Crippen LogP contribution in [0, 0.1) is 0 Å². The van der Waals surface area contributed by atoms with Gasteiger partial charge >= 0.3 is 0 Å².